The largest absolute Gasteiger partial charge is 0.394 e. The molecule has 0 radical (unpaired) electrons. The molecule has 2 rings (SSSR count). The molecule has 10 atom stereocenters. The Bertz CT molecular complexity index is 377. The monoisotopic (exact) mass is 338 g/mol. The molecule has 136 valence electrons. The number of aliphatic hydroxyl groups excluding tert-OH is 6. The molecule has 6 N–H and O–H groups in total. The van der Waals surface area contributed by atoms with E-state index in [2.05, 4.69) is 0 Å². The number of hydrogen-bond acceptors (Lipinski definition) is 9. The van der Waals surface area contributed by atoms with Crippen LogP contribution in [0.25, 0.3) is 0 Å². The summed E-state index contributed by atoms with van der Waals surface area (Å²) in [7, 11) is 0. The maximum atomic E-state index is 10.2. The second-order valence-electron chi connectivity index (χ2n) is 6.21. The van der Waals surface area contributed by atoms with Crippen LogP contribution in [-0.4, -0.2) is 99.0 Å². The number of hydrogen-bond donors (Lipinski definition) is 6. The van der Waals surface area contributed by atoms with E-state index in [-0.39, 0.29) is 0 Å². The van der Waals surface area contributed by atoms with Gasteiger partial charge >= 0.3 is 0 Å². The first-order chi connectivity index (χ1) is 10.8. The first-order valence-electron chi connectivity index (χ1n) is 7.72. The summed E-state index contributed by atoms with van der Waals surface area (Å²) in [5.74, 6) is -0.635. The van der Waals surface area contributed by atoms with E-state index in [0.29, 0.717) is 0 Å². The molecule has 0 bridgehead atoms. The van der Waals surface area contributed by atoms with Crippen molar-refractivity contribution in [1.29, 1.82) is 0 Å². The van der Waals surface area contributed by atoms with Gasteiger partial charge in [-0.1, -0.05) is 6.92 Å². The molecule has 2 fully saturated rings. The highest BCUT2D eigenvalue weighted by Gasteiger charge is 2.48. The lowest BCUT2D eigenvalue weighted by Crippen LogP contribution is -2.62. The third kappa shape index (κ3) is 3.68. The average molecular weight is 338 g/mol. The molecule has 2 saturated heterocycles. The van der Waals surface area contributed by atoms with Crippen LogP contribution in [0, 0.1) is 5.92 Å². The zero-order valence-corrected chi connectivity index (χ0v) is 13.1. The van der Waals surface area contributed by atoms with Gasteiger partial charge in [0.25, 0.3) is 0 Å². The molecular weight excluding hydrogens is 312 g/mol. The third-order valence-corrected chi connectivity index (χ3v) is 4.62. The summed E-state index contributed by atoms with van der Waals surface area (Å²) in [6.07, 6.45) is -9.77. The summed E-state index contributed by atoms with van der Waals surface area (Å²) in [6, 6.07) is 0. The SMILES string of the molecule is CC1OC(CO)[C@@H](O[C@@H]2OC(CO)[C@H](O)[C@H](C)C2O)[C@H](O)C1O. The van der Waals surface area contributed by atoms with E-state index in [1.165, 1.54) is 0 Å². The molecule has 0 aliphatic carbocycles. The Hall–Kier alpha value is -0.360. The first-order valence-corrected chi connectivity index (χ1v) is 7.72. The van der Waals surface area contributed by atoms with Gasteiger partial charge in [0.15, 0.2) is 6.29 Å². The lowest BCUT2D eigenvalue weighted by atomic mass is 9.90. The number of aliphatic hydroxyl groups is 6. The molecule has 0 amide bonds. The summed E-state index contributed by atoms with van der Waals surface area (Å²) < 4.78 is 16.3. The van der Waals surface area contributed by atoms with Crippen LogP contribution in [0.4, 0.5) is 0 Å². The highest BCUT2D eigenvalue weighted by atomic mass is 16.7. The van der Waals surface area contributed by atoms with E-state index in [4.69, 9.17) is 14.2 Å². The normalized spacial score (nSPS) is 51.7. The van der Waals surface area contributed by atoms with E-state index < -0.39 is 74.3 Å². The van der Waals surface area contributed by atoms with Crippen LogP contribution in [0.2, 0.25) is 0 Å². The Balaban J connectivity index is 2.11. The standard InChI is InChI=1S/C14H26O9/c1-5-9(17)7(3-15)22-14(10(5)18)23-13-8(4-16)21-6(2)11(19)12(13)20/h5-20H,3-4H2,1-2H3/t5-,6?,7?,8?,9+,10?,11?,12+,13+,14-/m0/s1. The van der Waals surface area contributed by atoms with Crippen molar-refractivity contribution in [2.45, 2.75) is 69.0 Å². The molecular formula is C14H26O9. The van der Waals surface area contributed by atoms with Crippen LogP contribution < -0.4 is 0 Å². The Morgan fingerprint density at radius 3 is 1.96 bits per heavy atom. The lowest BCUT2D eigenvalue weighted by molar-refractivity contribution is -0.334. The second-order valence-corrected chi connectivity index (χ2v) is 6.21. The number of rotatable bonds is 4. The predicted molar refractivity (Wildman–Crippen MR) is 75.2 cm³/mol. The Kier molecular flexibility index (Phi) is 6.34. The van der Waals surface area contributed by atoms with Gasteiger partial charge in [0.1, 0.15) is 36.6 Å². The summed E-state index contributed by atoms with van der Waals surface area (Å²) in [5, 5.41) is 58.8. The minimum atomic E-state index is -1.35. The third-order valence-electron chi connectivity index (χ3n) is 4.62. The molecule has 23 heavy (non-hydrogen) atoms. The molecule has 2 heterocycles. The van der Waals surface area contributed by atoms with E-state index in [1.54, 1.807) is 13.8 Å². The molecule has 2 aliphatic heterocycles. The Morgan fingerprint density at radius 2 is 1.39 bits per heavy atom. The molecule has 9 heteroatoms. The van der Waals surface area contributed by atoms with Gasteiger partial charge in [-0.25, -0.2) is 0 Å². The van der Waals surface area contributed by atoms with E-state index in [9.17, 15) is 30.6 Å². The van der Waals surface area contributed by atoms with Crippen molar-refractivity contribution in [2.75, 3.05) is 13.2 Å². The van der Waals surface area contributed by atoms with Gasteiger partial charge in [-0.2, -0.15) is 0 Å². The zero-order valence-electron chi connectivity index (χ0n) is 13.1. The van der Waals surface area contributed by atoms with Crippen molar-refractivity contribution >= 4 is 0 Å². The maximum Gasteiger partial charge on any atom is 0.184 e. The van der Waals surface area contributed by atoms with Crippen molar-refractivity contribution in [2.24, 2.45) is 5.92 Å². The van der Waals surface area contributed by atoms with Crippen molar-refractivity contribution in [3.05, 3.63) is 0 Å². The fraction of sp³-hybridized carbons (Fsp3) is 1.00. The first kappa shape index (κ1) is 19.0. The molecule has 9 nitrogen and oxygen atoms in total. The van der Waals surface area contributed by atoms with Gasteiger partial charge in [0.05, 0.1) is 25.4 Å². The van der Waals surface area contributed by atoms with Crippen molar-refractivity contribution in [1.82, 2.24) is 0 Å². The Labute approximate surface area is 134 Å². The van der Waals surface area contributed by atoms with Crippen molar-refractivity contribution in [3.8, 4) is 0 Å². The van der Waals surface area contributed by atoms with Gasteiger partial charge in [0.2, 0.25) is 0 Å². The van der Waals surface area contributed by atoms with Crippen molar-refractivity contribution < 1.29 is 44.8 Å². The summed E-state index contributed by atoms with van der Waals surface area (Å²) in [6.45, 7) is 2.21. The van der Waals surface area contributed by atoms with Gasteiger partial charge in [0, 0.05) is 5.92 Å². The van der Waals surface area contributed by atoms with Crippen LogP contribution in [-0.2, 0) is 14.2 Å². The summed E-state index contributed by atoms with van der Waals surface area (Å²) in [5.41, 5.74) is 0. The predicted octanol–water partition coefficient (Wildman–Crippen LogP) is -3.05. The van der Waals surface area contributed by atoms with Crippen molar-refractivity contribution in [3.63, 3.8) is 0 Å². The van der Waals surface area contributed by atoms with Gasteiger partial charge in [-0.15, -0.1) is 0 Å². The molecule has 5 unspecified atom stereocenters. The summed E-state index contributed by atoms with van der Waals surface area (Å²) in [4.78, 5) is 0. The Morgan fingerprint density at radius 1 is 0.783 bits per heavy atom. The average Bonchev–Trinajstić information content (AvgIpc) is 2.55. The molecule has 0 spiro atoms. The highest BCUT2D eigenvalue weighted by molar-refractivity contribution is 4.93. The van der Waals surface area contributed by atoms with Crippen LogP contribution in [0.3, 0.4) is 0 Å². The van der Waals surface area contributed by atoms with Gasteiger partial charge in [-0.05, 0) is 6.92 Å². The highest BCUT2D eigenvalue weighted by Crippen LogP contribution is 2.30. The smallest absolute Gasteiger partial charge is 0.184 e. The molecule has 0 aromatic rings. The molecule has 2 aliphatic rings. The van der Waals surface area contributed by atoms with Gasteiger partial charge < -0.3 is 44.8 Å². The van der Waals surface area contributed by atoms with E-state index in [1.807, 2.05) is 0 Å². The minimum absolute atomic E-state index is 0.455. The fourth-order valence-corrected chi connectivity index (χ4v) is 2.98. The number of ether oxygens (including phenoxy) is 3. The van der Waals surface area contributed by atoms with Gasteiger partial charge in [-0.3, -0.25) is 0 Å². The lowest BCUT2D eigenvalue weighted by Gasteiger charge is -2.46. The minimum Gasteiger partial charge on any atom is -0.394 e. The maximum absolute atomic E-state index is 10.2. The van der Waals surface area contributed by atoms with Crippen LogP contribution in [0.5, 0.6) is 0 Å². The second kappa shape index (κ2) is 7.68. The molecule has 0 aromatic carbocycles. The van der Waals surface area contributed by atoms with E-state index in [0.717, 1.165) is 0 Å². The van der Waals surface area contributed by atoms with Crippen LogP contribution in [0.1, 0.15) is 13.8 Å². The quantitative estimate of drug-likeness (QED) is 0.314. The topological polar surface area (TPSA) is 149 Å². The van der Waals surface area contributed by atoms with Crippen LogP contribution in [0.15, 0.2) is 0 Å². The molecule has 0 saturated carbocycles. The summed E-state index contributed by atoms with van der Waals surface area (Å²) >= 11 is 0. The van der Waals surface area contributed by atoms with Crippen LogP contribution >= 0.6 is 0 Å². The fourth-order valence-electron chi connectivity index (χ4n) is 2.98. The van der Waals surface area contributed by atoms with E-state index >= 15 is 0 Å². The molecule has 0 aromatic heterocycles. The zero-order chi connectivity index (χ0) is 17.3.